The molecule has 1 aliphatic rings. The summed E-state index contributed by atoms with van der Waals surface area (Å²) < 4.78 is 11.2. The third-order valence-electron chi connectivity index (χ3n) is 3.99. The van der Waals surface area contributed by atoms with Gasteiger partial charge < -0.3 is 9.47 Å². The quantitative estimate of drug-likeness (QED) is 0.613. The SMILES string of the molecule is COc1cc(Br)c(/C=C2\C(=O)NN(c3ccc(C)cc3)C2=O)cc1OC. The number of halogens is 1. The molecule has 0 aromatic heterocycles. The van der Waals surface area contributed by atoms with Crippen LogP contribution in [-0.4, -0.2) is 26.0 Å². The minimum Gasteiger partial charge on any atom is -0.493 e. The van der Waals surface area contributed by atoms with Gasteiger partial charge in [-0.25, -0.2) is 5.01 Å². The number of anilines is 1. The average molecular weight is 417 g/mol. The maximum atomic E-state index is 12.7. The molecule has 2 amide bonds. The lowest BCUT2D eigenvalue weighted by molar-refractivity contribution is -0.117. The molecule has 1 N–H and O–H groups in total. The van der Waals surface area contributed by atoms with Crippen molar-refractivity contribution in [3.63, 3.8) is 0 Å². The molecule has 3 rings (SSSR count). The van der Waals surface area contributed by atoms with Crippen LogP contribution in [0.3, 0.4) is 0 Å². The molecule has 0 spiro atoms. The highest BCUT2D eigenvalue weighted by molar-refractivity contribution is 9.10. The van der Waals surface area contributed by atoms with Crippen molar-refractivity contribution in [2.45, 2.75) is 6.92 Å². The zero-order valence-electron chi connectivity index (χ0n) is 14.5. The van der Waals surface area contributed by atoms with Gasteiger partial charge in [-0.1, -0.05) is 33.6 Å². The molecule has 0 unspecified atom stereocenters. The maximum Gasteiger partial charge on any atom is 0.282 e. The summed E-state index contributed by atoms with van der Waals surface area (Å²) in [5.74, 6) is 0.173. The Hall–Kier alpha value is -2.80. The molecule has 0 bridgehead atoms. The molecule has 1 fully saturated rings. The molecule has 0 aliphatic carbocycles. The van der Waals surface area contributed by atoms with Gasteiger partial charge in [-0.05, 0) is 42.8 Å². The van der Waals surface area contributed by atoms with Crippen LogP contribution in [0, 0.1) is 6.92 Å². The second-order valence-corrected chi connectivity index (χ2v) is 6.56. The zero-order chi connectivity index (χ0) is 18.8. The van der Waals surface area contributed by atoms with Crippen molar-refractivity contribution in [1.29, 1.82) is 0 Å². The van der Waals surface area contributed by atoms with Gasteiger partial charge in [0.05, 0.1) is 19.9 Å². The van der Waals surface area contributed by atoms with Crippen molar-refractivity contribution in [3.8, 4) is 11.5 Å². The number of carbonyl (C=O) groups excluding carboxylic acids is 2. The largest absolute Gasteiger partial charge is 0.493 e. The first-order chi connectivity index (χ1) is 12.4. The van der Waals surface area contributed by atoms with E-state index in [-0.39, 0.29) is 5.57 Å². The number of carbonyl (C=O) groups is 2. The molecule has 1 heterocycles. The number of hydrazine groups is 1. The number of methoxy groups -OCH3 is 2. The van der Waals surface area contributed by atoms with Crippen LogP contribution < -0.4 is 19.9 Å². The summed E-state index contributed by atoms with van der Waals surface area (Å²) in [6, 6.07) is 10.7. The van der Waals surface area contributed by atoms with E-state index in [1.165, 1.54) is 25.3 Å². The van der Waals surface area contributed by atoms with Gasteiger partial charge in [0.1, 0.15) is 5.57 Å². The van der Waals surface area contributed by atoms with Crippen molar-refractivity contribution in [3.05, 3.63) is 57.6 Å². The fourth-order valence-corrected chi connectivity index (χ4v) is 3.01. The van der Waals surface area contributed by atoms with E-state index in [4.69, 9.17) is 9.47 Å². The molecule has 6 nitrogen and oxygen atoms in total. The molecule has 2 aromatic carbocycles. The summed E-state index contributed by atoms with van der Waals surface area (Å²) in [6.45, 7) is 1.95. The monoisotopic (exact) mass is 416 g/mol. The van der Waals surface area contributed by atoms with Crippen LogP contribution >= 0.6 is 15.9 Å². The molecule has 134 valence electrons. The van der Waals surface area contributed by atoms with Crippen LogP contribution in [0.1, 0.15) is 11.1 Å². The van der Waals surface area contributed by atoms with E-state index in [0.717, 1.165) is 5.56 Å². The minimum atomic E-state index is -0.461. The van der Waals surface area contributed by atoms with E-state index in [9.17, 15) is 9.59 Å². The van der Waals surface area contributed by atoms with Crippen LogP contribution in [0.25, 0.3) is 6.08 Å². The Kier molecular flexibility index (Phi) is 4.99. The number of hydrogen-bond donors (Lipinski definition) is 1. The van der Waals surface area contributed by atoms with E-state index < -0.39 is 11.8 Å². The smallest absolute Gasteiger partial charge is 0.282 e. The van der Waals surface area contributed by atoms with Crippen LogP contribution in [0.5, 0.6) is 11.5 Å². The van der Waals surface area contributed by atoms with Crippen LogP contribution in [0.4, 0.5) is 5.69 Å². The summed E-state index contributed by atoms with van der Waals surface area (Å²) in [4.78, 5) is 25.0. The molecular weight excluding hydrogens is 400 g/mol. The summed E-state index contributed by atoms with van der Waals surface area (Å²) in [5, 5.41) is 1.24. The summed E-state index contributed by atoms with van der Waals surface area (Å²) in [5.41, 5.74) is 4.92. The number of amides is 2. The first-order valence-corrected chi connectivity index (χ1v) is 8.59. The topological polar surface area (TPSA) is 67.9 Å². The summed E-state index contributed by atoms with van der Waals surface area (Å²) in [7, 11) is 3.06. The molecule has 1 aliphatic heterocycles. The van der Waals surface area contributed by atoms with E-state index in [1.807, 2.05) is 19.1 Å². The highest BCUT2D eigenvalue weighted by Gasteiger charge is 2.34. The van der Waals surface area contributed by atoms with Gasteiger partial charge in [-0.15, -0.1) is 0 Å². The van der Waals surface area contributed by atoms with E-state index in [1.54, 1.807) is 24.3 Å². The van der Waals surface area contributed by atoms with Gasteiger partial charge >= 0.3 is 0 Å². The molecule has 2 aromatic rings. The van der Waals surface area contributed by atoms with E-state index in [2.05, 4.69) is 21.4 Å². The van der Waals surface area contributed by atoms with Crippen LogP contribution in [-0.2, 0) is 9.59 Å². The molecule has 0 atom stereocenters. The molecule has 26 heavy (non-hydrogen) atoms. The number of aryl methyl sites for hydroxylation is 1. The number of nitrogens with one attached hydrogen (secondary N) is 1. The van der Waals surface area contributed by atoms with E-state index >= 15 is 0 Å². The molecule has 0 radical (unpaired) electrons. The highest BCUT2D eigenvalue weighted by Crippen LogP contribution is 2.35. The Morgan fingerprint density at radius 2 is 1.65 bits per heavy atom. The molecular formula is C19H17BrN2O4. The van der Waals surface area contributed by atoms with Crippen molar-refractivity contribution >= 4 is 39.5 Å². The van der Waals surface area contributed by atoms with Gasteiger partial charge in [0.25, 0.3) is 11.8 Å². The molecule has 7 heteroatoms. The highest BCUT2D eigenvalue weighted by atomic mass is 79.9. The number of rotatable bonds is 4. The van der Waals surface area contributed by atoms with Crippen molar-refractivity contribution < 1.29 is 19.1 Å². The maximum absolute atomic E-state index is 12.7. The second-order valence-electron chi connectivity index (χ2n) is 5.70. The van der Waals surface area contributed by atoms with Gasteiger partial charge in [-0.3, -0.25) is 15.0 Å². The predicted octanol–water partition coefficient (Wildman–Crippen LogP) is 3.24. The normalized spacial score (nSPS) is 15.4. The van der Waals surface area contributed by atoms with Crippen molar-refractivity contribution in [1.82, 2.24) is 5.43 Å². The predicted molar refractivity (Wildman–Crippen MR) is 102 cm³/mol. The lowest BCUT2D eigenvalue weighted by Crippen LogP contribution is -2.35. The van der Waals surface area contributed by atoms with Gasteiger partial charge in [0.2, 0.25) is 0 Å². The minimum absolute atomic E-state index is 0.0403. The van der Waals surface area contributed by atoms with Crippen molar-refractivity contribution in [2.75, 3.05) is 19.2 Å². The van der Waals surface area contributed by atoms with Gasteiger partial charge in [0.15, 0.2) is 11.5 Å². The lowest BCUT2D eigenvalue weighted by Gasteiger charge is -2.14. The Morgan fingerprint density at radius 1 is 1.04 bits per heavy atom. The van der Waals surface area contributed by atoms with Gasteiger partial charge in [0, 0.05) is 4.47 Å². The molecule has 0 saturated carbocycles. The third-order valence-corrected chi connectivity index (χ3v) is 4.67. The fraction of sp³-hybridized carbons (Fsp3) is 0.158. The Morgan fingerprint density at radius 3 is 2.27 bits per heavy atom. The van der Waals surface area contributed by atoms with Gasteiger partial charge in [-0.2, -0.15) is 0 Å². The number of nitrogens with zero attached hydrogens (tertiary/aromatic N) is 1. The standard InChI is InChI=1S/C19H17BrN2O4/c1-11-4-6-13(7-5-11)22-19(24)14(18(23)21-22)8-12-9-16(25-2)17(26-3)10-15(12)20/h4-10H,1-3H3,(H,21,23)/b14-8+. The first-order valence-electron chi connectivity index (χ1n) is 7.80. The summed E-state index contributed by atoms with van der Waals surface area (Å²) >= 11 is 3.43. The Bertz CT molecular complexity index is 907. The Labute approximate surface area is 159 Å². The lowest BCUT2D eigenvalue weighted by atomic mass is 10.1. The Balaban J connectivity index is 1.98. The zero-order valence-corrected chi connectivity index (χ0v) is 16.1. The average Bonchev–Trinajstić information content (AvgIpc) is 2.91. The fourth-order valence-electron chi connectivity index (χ4n) is 2.57. The van der Waals surface area contributed by atoms with Crippen LogP contribution in [0.15, 0.2) is 46.4 Å². The number of hydrogen-bond acceptors (Lipinski definition) is 4. The number of benzene rings is 2. The van der Waals surface area contributed by atoms with E-state index in [0.29, 0.717) is 27.2 Å². The second kappa shape index (κ2) is 7.21. The summed E-state index contributed by atoms with van der Waals surface area (Å²) in [6.07, 6.45) is 1.53. The van der Waals surface area contributed by atoms with Crippen LogP contribution in [0.2, 0.25) is 0 Å². The molecule has 1 saturated heterocycles. The van der Waals surface area contributed by atoms with Crippen molar-refractivity contribution in [2.24, 2.45) is 0 Å². The first kappa shape index (κ1) is 18.0. The number of ether oxygens (including phenoxy) is 2. The third kappa shape index (κ3) is 3.30.